The van der Waals surface area contributed by atoms with Crippen LogP contribution in [0.5, 0.6) is 0 Å². The summed E-state index contributed by atoms with van der Waals surface area (Å²) in [5, 5.41) is 2.84. The highest BCUT2D eigenvalue weighted by atomic mass is 19.4. The number of hydrogen-bond donors (Lipinski definition) is 1. The zero-order valence-electron chi connectivity index (χ0n) is 9.63. The summed E-state index contributed by atoms with van der Waals surface area (Å²) in [7, 11) is 0. The molecule has 1 aliphatic heterocycles. The maximum atomic E-state index is 13.4. The van der Waals surface area contributed by atoms with Crippen LogP contribution in [0, 0.1) is 11.8 Å². The molecule has 1 saturated heterocycles. The van der Waals surface area contributed by atoms with Gasteiger partial charge in [-0.2, -0.15) is 30.7 Å². The van der Waals surface area contributed by atoms with E-state index in [0.29, 0.717) is 13.1 Å². The van der Waals surface area contributed by atoms with E-state index in [1.807, 2.05) is 0 Å². The van der Waals surface area contributed by atoms with E-state index in [1.54, 1.807) is 0 Å². The molecule has 0 spiro atoms. The third-order valence-corrected chi connectivity index (χ3v) is 3.44. The second-order valence-corrected chi connectivity index (χ2v) is 4.57. The number of halogens is 7. The Kier molecular flexibility index (Phi) is 4.19. The van der Waals surface area contributed by atoms with Crippen molar-refractivity contribution in [2.24, 2.45) is 11.8 Å². The van der Waals surface area contributed by atoms with Crippen molar-refractivity contribution in [2.75, 3.05) is 13.1 Å². The summed E-state index contributed by atoms with van der Waals surface area (Å²) in [6, 6.07) is 0. The van der Waals surface area contributed by atoms with Crippen LogP contribution in [0.1, 0.15) is 19.8 Å². The quantitative estimate of drug-likeness (QED) is 0.781. The van der Waals surface area contributed by atoms with Crippen LogP contribution in [-0.4, -0.2) is 31.1 Å². The van der Waals surface area contributed by atoms with Crippen molar-refractivity contribution in [2.45, 2.75) is 37.8 Å². The first-order chi connectivity index (χ1) is 8.02. The number of hydrogen-bond acceptors (Lipinski definition) is 1. The van der Waals surface area contributed by atoms with Crippen LogP contribution in [0.4, 0.5) is 30.7 Å². The lowest BCUT2D eigenvalue weighted by atomic mass is 9.80. The van der Waals surface area contributed by atoms with Crippen LogP contribution in [0.2, 0.25) is 0 Å². The zero-order chi connectivity index (χ0) is 14.2. The third-order valence-electron chi connectivity index (χ3n) is 3.44. The molecule has 0 aromatic heterocycles. The Balaban J connectivity index is 2.90. The molecule has 1 atom stereocenters. The molecule has 1 unspecified atom stereocenters. The number of piperidine rings is 1. The molecule has 1 fully saturated rings. The molecule has 0 amide bonds. The monoisotopic (exact) mass is 281 g/mol. The molecule has 1 heterocycles. The second kappa shape index (κ2) is 4.86. The fraction of sp³-hybridized carbons (Fsp3) is 1.00. The van der Waals surface area contributed by atoms with E-state index in [0.717, 1.165) is 6.92 Å². The predicted molar refractivity (Wildman–Crippen MR) is 50.7 cm³/mol. The van der Waals surface area contributed by atoms with Crippen LogP contribution in [0.15, 0.2) is 0 Å². The van der Waals surface area contributed by atoms with Gasteiger partial charge in [-0.1, -0.05) is 6.92 Å². The lowest BCUT2D eigenvalue weighted by molar-refractivity contribution is -0.368. The Hall–Kier alpha value is -0.530. The first-order valence-corrected chi connectivity index (χ1v) is 5.55. The van der Waals surface area contributed by atoms with Gasteiger partial charge in [0.15, 0.2) is 0 Å². The summed E-state index contributed by atoms with van der Waals surface area (Å²) >= 11 is 0. The summed E-state index contributed by atoms with van der Waals surface area (Å²) in [5.74, 6) is -13.9. The Morgan fingerprint density at radius 2 is 1.39 bits per heavy atom. The largest absolute Gasteiger partial charge is 0.459 e. The van der Waals surface area contributed by atoms with Crippen LogP contribution in [-0.2, 0) is 0 Å². The van der Waals surface area contributed by atoms with Crippen molar-refractivity contribution < 1.29 is 30.7 Å². The van der Waals surface area contributed by atoms with E-state index >= 15 is 0 Å². The molecule has 0 aromatic rings. The molecule has 1 aliphatic rings. The molecule has 0 aliphatic carbocycles. The fourth-order valence-corrected chi connectivity index (χ4v) is 2.12. The molecule has 108 valence electrons. The first kappa shape index (κ1) is 15.5. The topological polar surface area (TPSA) is 12.0 Å². The van der Waals surface area contributed by atoms with Gasteiger partial charge in [0.2, 0.25) is 0 Å². The van der Waals surface area contributed by atoms with Gasteiger partial charge in [-0.15, -0.1) is 0 Å². The Labute approximate surface area is 99.7 Å². The lowest BCUT2D eigenvalue weighted by Crippen LogP contribution is -2.57. The van der Waals surface area contributed by atoms with Gasteiger partial charge in [0.25, 0.3) is 0 Å². The first-order valence-electron chi connectivity index (χ1n) is 5.55. The summed E-state index contributed by atoms with van der Waals surface area (Å²) in [4.78, 5) is 0. The molecule has 8 heteroatoms. The van der Waals surface area contributed by atoms with Gasteiger partial charge in [-0.25, -0.2) is 0 Å². The highest BCUT2D eigenvalue weighted by Gasteiger charge is 2.74. The van der Waals surface area contributed by atoms with Crippen LogP contribution < -0.4 is 5.32 Å². The van der Waals surface area contributed by atoms with Crippen molar-refractivity contribution in [1.29, 1.82) is 0 Å². The van der Waals surface area contributed by atoms with E-state index < -0.39 is 29.9 Å². The second-order valence-electron chi connectivity index (χ2n) is 4.57. The van der Waals surface area contributed by atoms with E-state index in [9.17, 15) is 30.7 Å². The maximum Gasteiger partial charge on any atom is 0.459 e. The average Bonchev–Trinajstić information content (AvgIpc) is 2.27. The Morgan fingerprint density at radius 3 is 1.78 bits per heavy atom. The van der Waals surface area contributed by atoms with E-state index in [1.165, 1.54) is 0 Å². The Bertz CT molecular complexity index is 280. The molecule has 0 aromatic carbocycles. The van der Waals surface area contributed by atoms with Gasteiger partial charge in [0.05, 0.1) is 0 Å². The molecule has 0 bridgehead atoms. The van der Waals surface area contributed by atoms with Crippen molar-refractivity contribution in [3.8, 4) is 0 Å². The molecule has 0 saturated carbocycles. The number of rotatable bonds is 3. The van der Waals surface area contributed by atoms with Crippen LogP contribution in [0.25, 0.3) is 0 Å². The third kappa shape index (κ3) is 2.57. The smallest absolute Gasteiger partial charge is 0.317 e. The van der Waals surface area contributed by atoms with E-state index in [4.69, 9.17) is 0 Å². The number of nitrogens with one attached hydrogen (secondary N) is 1. The van der Waals surface area contributed by atoms with Gasteiger partial charge in [0, 0.05) is 5.92 Å². The molecular weight excluding hydrogens is 267 g/mol. The maximum absolute atomic E-state index is 13.4. The minimum Gasteiger partial charge on any atom is -0.317 e. The lowest BCUT2D eigenvalue weighted by Gasteiger charge is -2.37. The molecule has 1 nitrogen and oxygen atoms in total. The molecular formula is C10H14F7N. The summed E-state index contributed by atoms with van der Waals surface area (Å²) in [6.45, 7) is 1.46. The SMILES string of the molecule is CC(C1CCNCC1)C(F)(F)C(F)(F)C(F)(F)F. The predicted octanol–water partition coefficient (Wildman–Crippen LogP) is 3.46. The normalized spacial score (nSPS) is 22.0. The summed E-state index contributed by atoms with van der Waals surface area (Å²) in [6.07, 6.45) is -5.90. The molecule has 0 radical (unpaired) electrons. The van der Waals surface area contributed by atoms with E-state index in [2.05, 4.69) is 5.32 Å². The highest BCUT2D eigenvalue weighted by molar-refractivity contribution is 4.96. The van der Waals surface area contributed by atoms with E-state index in [-0.39, 0.29) is 12.8 Å². The van der Waals surface area contributed by atoms with Crippen LogP contribution >= 0.6 is 0 Å². The zero-order valence-corrected chi connectivity index (χ0v) is 9.63. The van der Waals surface area contributed by atoms with Gasteiger partial charge in [0.1, 0.15) is 0 Å². The van der Waals surface area contributed by atoms with Crippen molar-refractivity contribution in [3.05, 3.63) is 0 Å². The van der Waals surface area contributed by atoms with Gasteiger partial charge in [-0.3, -0.25) is 0 Å². The van der Waals surface area contributed by atoms with Crippen LogP contribution in [0.3, 0.4) is 0 Å². The highest BCUT2D eigenvalue weighted by Crippen LogP contribution is 2.52. The Morgan fingerprint density at radius 1 is 0.944 bits per heavy atom. The summed E-state index contributed by atoms with van der Waals surface area (Å²) in [5.41, 5.74) is 0. The van der Waals surface area contributed by atoms with Gasteiger partial charge < -0.3 is 5.32 Å². The summed E-state index contributed by atoms with van der Waals surface area (Å²) < 4.78 is 88.5. The van der Waals surface area contributed by atoms with Crippen molar-refractivity contribution in [1.82, 2.24) is 5.32 Å². The molecule has 1 N–H and O–H groups in total. The molecule has 1 rings (SSSR count). The standard InChI is InChI=1S/C10H14F7N/c1-6(7-2-4-18-5-3-7)8(11,12)9(13,14)10(15,16)17/h6-7,18H,2-5H2,1H3. The molecule has 18 heavy (non-hydrogen) atoms. The van der Waals surface area contributed by atoms with Crippen molar-refractivity contribution in [3.63, 3.8) is 0 Å². The average molecular weight is 281 g/mol. The van der Waals surface area contributed by atoms with Gasteiger partial charge >= 0.3 is 18.0 Å². The minimum absolute atomic E-state index is 0.171. The van der Waals surface area contributed by atoms with Gasteiger partial charge in [-0.05, 0) is 31.8 Å². The minimum atomic E-state index is -6.24. The fourth-order valence-electron chi connectivity index (χ4n) is 2.12. The number of alkyl halides is 7. The van der Waals surface area contributed by atoms with Crippen molar-refractivity contribution >= 4 is 0 Å².